The first kappa shape index (κ1) is 11.2. The standard InChI is InChI=1S/C12H19N3O/c13-8-12(5-6-12)9-15-11(16)4-3-10-2-1-7-14-10/h1-2,7,14H,3-6,8-9,13H2,(H,15,16). The second-order valence-electron chi connectivity index (χ2n) is 4.68. The molecule has 0 aromatic carbocycles. The molecule has 1 aliphatic rings. The number of nitrogens with one attached hydrogen (secondary N) is 2. The molecular weight excluding hydrogens is 202 g/mol. The average Bonchev–Trinajstić information content (AvgIpc) is 2.90. The van der Waals surface area contributed by atoms with Gasteiger partial charge in [0.15, 0.2) is 0 Å². The van der Waals surface area contributed by atoms with Crippen LogP contribution in [0.25, 0.3) is 0 Å². The van der Waals surface area contributed by atoms with Gasteiger partial charge in [0.1, 0.15) is 0 Å². The van der Waals surface area contributed by atoms with Crippen LogP contribution in [0.15, 0.2) is 18.3 Å². The summed E-state index contributed by atoms with van der Waals surface area (Å²) in [5.41, 5.74) is 6.98. The molecule has 0 radical (unpaired) electrons. The Morgan fingerprint density at radius 3 is 2.94 bits per heavy atom. The van der Waals surface area contributed by atoms with Crippen molar-refractivity contribution in [1.29, 1.82) is 0 Å². The van der Waals surface area contributed by atoms with E-state index >= 15 is 0 Å². The van der Waals surface area contributed by atoms with Crippen molar-refractivity contribution in [2.24, 2.45) is 11.1 Å². The van der Waals surface area contributed by atoms with Crippen LogP contribution in [0.5, 0.6) is 0 Å². The second kappa shape index (κ2) is 4.70. The molecular formula is C12H19N3O. The molecule has 0 bridgehead atoms. The lowest BCUT2D eigenvalue weighted by molar-refractivity contribution is -0.121. The summed E-state index contributed by atoms with van der Waals surface area (Å²) in [4.78, 5) is 14.7. The molecule has 88 valence electrons. The Labute approximate surface area is 95.6 Å². The summed E-state index contributed by atoms with van der Waals surface area (Å²) < 4.78 is 0. The van der Waals surface area contributed by atoms with E-state index in [-0.39, 0.29) is 11.3 Å². The van der Waals surface area contributed by atoms with E-state index in [1.165, 1.54) is 0 Å². The first-order chi connectivity index (χ1) is 7.74. The number of aryl methyl sites for hydroxylation is 1. The average molecular weight is 221 g/mol. The molecule has 0 atom stereocenters. The molecule has 1 amide bonds. The van der Waals surface area contributed by atoms with Gasteiger partial charge in [0.2, 0.25) is 5.91 Å². The van der Waals surface area contributed by atoms with Crippen molar-refractivity contribution in [2.45, 2.75) is 25.7 Å². The Morgan fingerprint density at radius 2 is 2.38 bits per heavy atom. The first-order valence-electron chi connectivity index (χ1n) is 5.83. The summed E-state index contributed by atoms with van der Waals surface area (Å²) >= 11 is 0. The molecule has 0 aliphatic heterocycles. The van der Waals surface area contributed by atoms with Gasteiger partial charge < -0.3 is 16.0 Å². The zero-order valence-electron chi connectivity index (χ0n) is 9.46. The normalized spacial score (nSPS) is 17.1. The van der Waals surface area contributed by atoms with Gasteiger partial charge in [0.05, 0.1) is 0 Å². The van der Waals surface area contributed by atoms with E-state index in [0.717, 1.165) is 31.5 Å². The minimum absolute atomic E-state index is 0.120. The topological polar surface area (TPSA) is 70.9 Å². The lowest BCUT2D eigenvalue weighted by Gasteiger charge is -2.12. The second-order valence-corrected chi connectivity index (χ2v) is 4.68. The summed E-state index contributed by atoms with van der Waals surface area (Å²) in [5.74, 6) is 0.120. The number of hydrogen-bond donors (Lipinski definition) is 3. The highest BCUT2D eigenvalue weighted by atomic mass is 16.1. The van der Waals surface area contributed by atoms with Crippen molar-refractivity contribution in [3.8, 4) is 0 Å². The molecule has 1 aromatic rings. The third-order valence-electron chi connectivity index (χ3n) is 3.33. The monoisotopic (exact) mass is 221 g/mol. The highest BCUT2D eigenvalue weighted by Gasteiger charge is 2.41. The van der Waals surface area contributed by atoms with Crippen molar-refractivity contribution in [1.82, 2.24) is 10.3 Å². The maximum Gasteiger partial charge on any atom is 0.220 e. The van der Waals surface area contributed by atoms with E-state index in [0.29, 0.717) is 13.0 Å². The molecule has 16 heavy (non-hydrogen) atoms. The summed E-state index contributed by atoms with van der Waals surface area (Å²) in [7, 11) is 0. The Kier molecular flexibility index (Phi) is 3.29. The summed E-state index contributed by atoms with van der Waals surface area (Å²) in [6, 6.07) is 3.94. The lowest BCUT2D eigenvalue weighted by Crippen LogP contribution is -2.33. The maximum atomic E-state index is 11.6. The minimum Gasteiger partial charge on any atom is -0.365 e. The van der Waals surface area contributed by atoms with Gasteiger partial charge in [0, 0.05) is 24.9 Å². The number of amides is 1. The molecule has 1 aliphatic carbocycles. The molecule has 4 N–H and O–H groups in total. The minimum atomic E-state index is 0.120. The van der Waals surface area contributed by atoms with Crippen LogP contribution in [-0.2, 0) is 11.2 Å². The van der Waals surface area contributed by atoms with E-state index in [2.05, 4.69) is 10.3 Å². The summed E-state index contributed by atoms with van der Waals surface area (Å²) in [6.07, 6.45) is 5.50. The van der Waals surface area contributed by atoms with Crippen LogP contribution in [0.1, 0.15) is 25.0 Å². The summed E-state index contributed by atoms with van der Waals surface area (Å²) in [5, 5.41) is 2.97. The number of aromatic nitrogens is 1. The number of hydrogen-bond acceptors (Lipinski definition) is 2. The van der Waals surface area contributed by atoms with Gasteiger partial charge in [-0.2, -0.15) is 0 Å². The van der Waals surface area contributed by atoms with Crippen LogP contribution in [-0.4, -0.2) is 24.0 Å². The van der Waals surface area contributed by atoms with Crippen LogP contribution in [0, 0.1) is 5.41 Å². The zero-order chi connectivity index (χ0) is 11.4. The Morgan fingerprint density at radius 1 is 1.56 bits per heavy atom. The molecule has 2 rings (SSSR count). The van der Waals surface area contributed by atoms with E-state index in [4.69, 9.17) is 5.73 Å². The van der Waals surface area contributed by atoms with E-state index in [1.54, 1.807) is 0 Å². The van der Waals surface area contributed by atoms with Crippen molar-refractivity contribution in [2.75, 3.05) is 13.1 Å². The van der Waals surface area contributed by atoms with Crippen molar-refractivity contribution in [3.63, 3.8) is 0 Å². The molecule has 1 fully saturated rings. The zero-order valence-corrected chi connectivity index (χ0v) is 9.46. The summed E-state index contributed by atoms with van der Waals surface area (Å²) in [6.45, 7) is 1.43. The third kappa shape index (κ3) is 2.85. The number of carbonyl (C=O) groups is 1. The van der Waals surface area contributed by atoms with Crippen molar-refractivity contribution in [3.05, 3.63) is 24.0 Å². The van der Waals surface area contributed by atoms with Crippen LogP contribution in [0.4, 0.5) is 0 Å². The molecule has 4 nitrogen and oxygen atoms in total. The number of aromatic amines is 1. The third-order valence-corrected chi connectivity index (χ3v) is 3.33. The molecule has 1 heterocycles. The maximum absolute atomic E-state index is 11.6. The number of rotatable bonds is 6. The predicted molar refractivity (Wildman–Crippen MR) is 62.8 cm³/mol. The van der Waals surface area contributed by atoms with Gasteiger partial charge in [-0.15, -0.1) is 0 Å². The first-order valence-corrected chi connectivity index (χ1v) is 5.83. The molecule has 1 saturated carbocycles. The molecule has 4 heteroatoms. The van der Waals surface area contributed by atoms with Crippen LogP contribution in [0.3, 0.4) is 0 Å². The van der Waals surface area contributed by atoms with Crippen molar-refractivity contribution < 1.29 is 4.79 Å². The van der Waals surface area contributed by atoms with Crippen LogP contribution >= 0.6 is 0 Å². The predicted octanol–water partition coefficient (Wildman–Crippen LogP) is 0.802. The van der Waals surface area contributed by atoms with Gasteiger partial charge >= 0.3 is 0 Å². The Bertz CT molecular complexity index is 341. The molecule has 0 saturated heterocycles. The van der Waals surface area contributed by atoms with Crippen LogP contribution < -0.4 is 11.1 Å². The van der Waals surface area contributed by atoms with Crippen molar-refractivity contribution >= 4 is 5.91 Å². The van der Waals surface area contributed by atoms with Gasteiger partial charge in [-0.1, -0.05) is 0 Å². The lowest BCUT2D eigenvalue weighted by atomic mass is 10.1. The van der Waals surface area contributed by atoms with Gasteiger partial charge in [0.25, 0.3) is 0 Å². The molecule has 0 spiro atoms. The Hall–Kier alpha value is -1.29. The molecule has 1 aromatic heterocycles. The number of nitrogens with two attached hydrogens (primary N) is 1. The van der Waals surface area contributed by atoms with E-state index in [1.807, 2.05) is 18.3 Å². The van der Waals surface area contributed by atoms with E-state index in [9.17, 15) is 4.79 Å². The van der Waals surface area contributed by atoms with Crippen LogP contribution in [0.2, 0.25) is 0 Å². The van der Waals surface area contributed by atoms with Gasteiger partial charge in [-0.05, 0) is 43.4 Å². The number of H-pyrrole nitrogens is 1. The Balaban J connectivity index is 1.65. The fourth-order valence-corrected chi connectivity index (χ4v) is 1.78. The highest BCUT2D eigenvalue weighted by molar-refractivity contribution is 5.76. The molecule has 0 unspecified atom stereocenters. The highest BCUT2D eigenvalue weighted by Crippen LogP contribution is 2.43. The fourth-order valence-electron chi connectivity index (χ4n) is 1.78. The smallest absolute Gasteiger partial charge is 0.220 e. The SMILES string of the molecule is NCC1(CNC(=O)CCc2ccc[nH]2)CC1. The van der Waals surface area contributed by atoms with Gasteiger partial charge in [-0.25, -0.2) is 0 Å². The van der Waals surface area contributed by atoms with E-state index < -0.39 is 0 Å². The van der Waals surface area contributed by atoms with Gasteiger partial charge in [-0.3, -0.25) is 4.79 Å². The largest absolute Gasteiger partial charge is 0.365 e. The quantitative estimate of drug-likeness (QED) is 0.665. The fraction of sp³-hybridized carbons (Fsp3) is 0.583. The number of carbonyl (C=O) groups excluding carboxylic acids is 1.